The third kappa shape index (κ3) is 3.44. The van der Waals surface area contributed by atoms with Crippen LogP contribution in [0.4, 0.5) is 10.9 Å². The highest BCUT2D eigenvalue weighted by molar-refractivity contribution is 7.13. The number of nitrogens with two attached hydrogens (primary N) is 1. The van der Waals surface area contributed by atoms with E-state index >= 15 is 0 Å². The molecule has 0 radical (unpaired) electrons. The number of nitrogens with one attached hydrogen (secondary N) is 1. The number of fused-ring (bicyclic) bond motifs is 1. The van der Waals surface area contributed by atoms with Gasteiger partial charge in [0.15, 0.2) is 22.1 Å². The average Bonchev–Trinajstić information content (AvgIpc) is 3.28. The Hall–Kier alpha value is -2.75. The minimum absolute atomic E-state index is 0.00512. The Labute approximate surface area is 160 Å². The Kier molecular flexibility index (Phi) is 4.65. The summed E-state index contributed by atoms with van der Waals surface area (Å²) >= 11 is 1.45. The molecule has 1 amide bonds. The third-order valence-corrected chi connectivity index (χ3v) is 5.80. The van der Waals surface area contributed by atoms with E-state index < -0.39 is 0 Å². The summed E-state index contributed by atoms with van der Waals surface area (Å²) in [7, 11) is 1.51. The van der Waals surface area contributed by atoms with Crippen molar-refractivity contribution in [3.63, 3.8) is 0 Å². The molecule has 0 atom stereocenters. The van der Waals surface area contributed by atoms with E-state index in [1.54, 1.807) is 6.33 Å². The zero-order valence-corrected chi connectivity index (χ0v) is 16.0. The van der Waals surface area contributed by atoms with Crippen LogP contribution < -0.4 is 15.8 Å². The molecule has 4 rings (SSSR count). The second kappa shape index (κ2) is 7.10. The summed E-state index contributed by atoms with van der Waals surface area (Å²) in [6.45, 7) is 1.91. The van der Waals surface area contributed by atoms with Gasteiger partial charge in [-0.15, -0.1) is 11.3 Å². The summed E-state index contributed by atoms with van der Waals surface area (Å²) in [6.07, 6.45) is 5.09. The van der Waals surface area contributed by atoms with Crippen LogP contribution in [0.15, 0.2) is 11.7 Å². The van der Waals surface area contributed by atoms with Gasteiger partial charge in [0.2, 0.25) is 5.91 Å². The monoisotopic (exact) mass is 387 g/mol. The van der Waals surface area contributed by atoms with E-state index in [2.05, 4.69) is 25.3 Å². The standard InChI is InChI=1S/C17H21N7O2S/c1-9-7-27-17(20-9)23-15(25)10-3-5-11(6-4-10)24-8-19-12-13(18)21-16(26-2)22-14(12)24/h7-8,10-11H,3-6H2,1-2H3,(H2,18,21,22)(H,20,23,25)/t10-,11+. The lowest BCUT2D eigenvalue weighted by Gasteiger charge is -2.28. The van der Waals surface area contributed by atoms with Gasteiger partial charge in [-0.2, -0.15) is 9.97 Å². The molecule has 1 aliphatic rings. The summed E-state index contributed by atoms with van der Waals surface area (Å²) < 4.78 is 7.14. The van der Waals surface area contributed by atoms with Crippen molar-refractivity contribution >= 4 is 39.4 Å². The molecular weight excluding hydrogens is 366 g/mol. The number of ether oxygens (including phenoxy) is 1. The number of carbonyl (C=O) groups excluding carboxylic acids is 1. The first-order chi connectivity index (χ1) is 13.0. The van der Waals surface area contributed by atoms with Crippen molar-refractivity contribution in [1.82, 2.24) is 24.5 Å². The highest BCUT2D eigenvalue weighted by Crippen LogP contribution is 2.35. The molecular formula is C17H21N7O2S. The molecule has 3 aromatic rings. The maximum atomic E-state index is 12.5. The van der Waals surface area contributed by atoms with Crippen molar-refractivity contribution in [2.24, 2.45) is 5.92 Å². The van der Waals surface area contributed by atoms with Gasteiger partial charge in [-0.1, -0.05) is 0 Å². The number of thiazole rings is 1. The van der Waals surface area contributed by atoms with Gasteiger partial charge in [-0.25, -0.2) is 9.97 Å². The minimum Gasteiger partial charge on any atom is -0.467 e. The number of carbonyl (C=O) groups is 1. The molecule has 10 heteroatoms. The number of anilines is 2. The fraction of sp³-hybridized carbons (Fsp3) is 0.471. The fourth-order valence-electron chi connectivity index (χ4n) is 3.51. The van der Waals surface area contributed by atoms with Crippen LogP contribution in [0.5, 0.6) is 6.01 Å². The van der Waals surface area contributed by atoms with Crippen LogP contribution in [0.3, 0.4) is 0 Å². The number of nitrogen functional groups attached to an aromatic ring is 1. The van der Waals surface area contributed by atoms with Gasteiger partial charge in [-0.05, 0) is 32.6 Å². The highest BCUT2D eigenvalue weighted by atomic mass is 32.1. The summed E-state index contributed by atoms with van der Waals surface area (Å²) in [5.41, 5.74) is 8.12. The quantitative estimate of drug-likeness (QED) is 0.705. The number of methoxy groups -OCH3 is 1. The fourth-order valence-corrected chi connectivity index (χ4v) is 4.20. The van der Waals surface area contributed by atoms with Crippen LogP contribution in [-0.2, 0) is 4.79 Å². The molecule has 142 valence electrons. The first-order valence-electron chi connectivity index (χ1n) is 8.82. The van der Waals surface area contributed by atoms with Crippen LogP contribution in [-0.4, -0.2) is 37.5 Å². The Morgan fingerprint density at radius 1 is 1.30 bits per heavy atom. The number of hydrogen-bond acceptors (Lipinski definition) is 8. The molecule has 3 heterocycles. The zero-order chi connectivity index (χ0) is 19.0. The number of aromatic nitrogens is 5. The first-order valence-corrected chi connectivity index (χ1v) is 9.70. The second-order valence-corrected chi connectivity index (χ2v) is 7.57. The number of nitrogens with zero attached hydrogens (tertiary/aromatic N) is 5. The van der Waals surface area contributed by atoms with Gasteiger partial charge >= 0.3 is 6.01 Å². The van der Waals surface area contributed by atoms with Gasteiger partial charge in [-0.3, -0.25) is 4.79 Å². The molecule has 1 fully saturated rings. The molecule has 0 bridgehead atoms. The molecule has 3 aromatic heterocycles. The average molecular weight is 387 g/mol. The molecule has 0 aromatic carbocycles. The molecule has 1 saturated carbocycles. The van der Waals surface area contributed by atoms with Crippen molar-refractivity contribution in [1.29, 1.82) is 0 Å². The molecule has 0 saturated heterocycles. The topological polar surface area (TPSA) is 121 Å². The minimum atomic E-state index is -0.00512. The number of aryl methyl sites for hydroxylation is 1. The van der Waals surface area contributed by atoms with E-state index in [1.807, 2.05) is 16.9 Å². The predicted octanol–water partition coefficient (Wildman–Crippen LogP) is 2.55. The zero-order valence-electron chi connectivity index (χ0n) is 15.2. The second-order valence-electron chi connectivity index (χ2n) is 6.71. The van der Waals surface area contributed by atoms with Gasteiger partial charge < -0.3 is 20.4 Å². The van der Waals surface area contributed by atoms with Crippen LogP contribution >= 0.6 is 11.3 Å². The van der Waals surface area contributed by atoms with Gasteiger partial charge in [0.25, 0.3) is 0 Å². The van der Waals surface area contributed by atoms with Gasteiger partial charge in [0.05, 0.1) is 19.1 Å². The highest BCUT2D eigenvalue weighted by Gasteiger charge is 2.29. The number of rotatable bonds is 4. The lowest BCUT2D eigenvalue weighted by atomic mass is 9.85. The van der Waals surface area contributed by atoms with Crippen LogP contribution in [0.25, 0.3) is 11.2 Å². The molecule has 3 N–H and O–H groups in total. The normalized spacial score (nSPS) is 19.9. The molecule has 0 spiro atoms. The molecule has 0 unspecified atom stereocenters. The van der Waals surface area contributed by atoms with Gasteiger partial charge in [0.1, 0.15) is 0 Å². The predicted molar refractivity (Wildman–Crippen MR) is 103 cm³/mol. The summed E-state index contributed by atoms with van der Waals surface area (Å²) in [6, 6.07) is 0.453. The summed E-state index contributed by atoms with van der Waals surface area (Å²) in [5, 5.41) is 5.53. The number of hydrogen-bond donors (Lipinski definition) is 2. The van der Waals surface area contributed by atoms with Crippen molar-refractivity contribution in [3.05, 3.63) is 17.4 Å². The largest absolute Gasteiger partial charge is 0.467 e. The lowest BCUT2D eigenvalue weighted by molar-refractivity contribution is -0.120. The van der Waals surface area contributed by atoms with E-state index in [0.717, 1.165) is 31.4 Å². The van der Waals surface area contributed by atoms with Crippen molar-refractivity contribution in [2.45, 2.75) is 38.6 Å². The Balaban J connectivity index is 1.45. The van der Waals surface area contributed by atoms with Gasteiger partial charge in [0, 0.05) is 17.3 Å². The molecule has 9 nitrogen and oxygen atoms in total. The first kappa shape index (κ1) is 17.7. The molecule has 1 aliphatic carbocycles. The maximum absolute atomic E-state index is 12.5. The SMILES string of the molecule is COc1nc(N)c2ncn([C@H]3CC[C@@H](C(=O)Nc4nc(C)cs4)CC3)c2n1. The smallest absolute Gasteiger partial charge is 0.320 e. The number of amides is 1. The van der Waals surface area contributed by atoms with Crippen LogP contribution in [0, 0.1) is 12.8 Å². The van der Waals surface area contributed by atoms with Crippen molar-refractivity contribution < 1.29 is 9.53 Å². The maximum Gasteiger partial charge on any atom is 0.320 e. The van der Waals surface area contributed by atoms with Crippen molar-refractivity contribution in [3.8, 4) is 6.01 Å². The van der Waals surface area contributed by atoms with Crippen molar-refractivity contribution in [2.75, 3.05) is 18.2 Å². The van der Waals surface area contributed by atoms with E-state index in [-0.39, 0.29) is 23.9 Å². The summed E-state index contributed by atoms with van der Waals surface area (Å²) in [4.78, 5) is 29.6. The summed E-state index contributed by atoms with van der Waals surface area (Å²) in [5.74, 6) is 0.350. The van der Waals surface area contributed by atoms with E-state index in [0.29, 0.717) is 22.1 Å². The molecule has 0 aliphatic heterocycles. The number of imidazole rings is 1. The Morgan fingerprint density at radius 2 is 2.07 bits per heavy atom. The van der Waals surface area contributed by atoms with E-state index in [4.69, 9.17) is 10.5 Å². The molecule has 27 heavy (non-hydrogen) atoms. The van der Waals surface area contributed by atoms with Crippen LogP contribution in [0.1, 0.15) is 37.4 Å². The van der Waals surface area contributed by atoms with E-state index in [1.165, 1.54) is 18.4 Å². The lowest BCUT2D eigenvalue weighted by Crippen LogP contribution is -2.28. The van der Waals surface area contributed by atoms with Crippen LogP contribution in [0.2, 0.25) is 0 Å². The third-order valence-electron chi connectivity index (χ3n) is 4.92. The Morgan fingerprint density at radius 3 is 2.74 bits per heavy atom. The Bertz CT molecular complexity index is 975. The van der Waals surface area contributed by atoms with E-state index in [9.17, 15) is 4.79 Å².